The minimum absolute atomic E-state index is 0.109. The van der Waals surface area contributed by atoms with Gasteiger partial charge in [0.05, 0.1) is 7.11 Å². The van der Waals surface area contributed by atoms with Crippen molar-refractivity contribution in [2.45, 2.75) is 18.8 Å². The minimum Gasteiger partial charge on any atom is -0.497 e. The van der Waals surface area contributed by atoms with Gasteiger partial charge in [0.25, 0.3) is 0 Å². The molecule has 0 unspecified atom stereocenters. The largest absolute Gasteiger partial charge is 0.497 e. The van der Waals surface area contributed by atoms with Crippen molar-refractivity contribution in [1.29, 1.82) is 0 Å². The Kier molecular flexibility index (Phi) is 4.28. The second kappa shape index (κ2) is 5.31. The Morgan fingerprint density at radius 2 is 2.18 bits per heavy atom. The van der Waals surface area contributed by atoms with Gasteiger partial charge in [-0.3, -0.25) is 0 Å². The molecule has 17 heavy (non-hydrogen) atoms. The van der Waals surface area contributed by atoms with Gasteiger partial charge in [0.1, 0.15) is 5.75 Å². The molecule has 0 heterocycles. The predicted octanol–water partition coefficient (Wildman–Crippen LogP) is 3.00. The molecule has 0 radical (unpaired) electrons. The Bertz CT molecular complexity index is 421. The molecule has 0 saturated carbocycles. The molecule has 0 spiro atoms. The number of methoxy groups -OCH3 is 1. The van der Waals surface area contributed by atoms with Crippen LogP contribution in [0.4, 0.5) is 8.78 Å². The number of hydrogen-bond acceptors (Lipinski definition) is 2. The lowest BCUT2D eigenvalue weighted by Crippen LogP contribution is -2.28. The third-order valence-corrected chi connectivity index (χ3v) is 2.63. The highest BCUT2D eigenvalue weighted by molar-refractivity contribution is 6.31. The van der Waals surface area contributed by atoms with E-state index < -0.39 is 18.3 Å². The van der Waals surface area contributed by atoms with Crippen LogP contribution in [0.15, 0.2) is 18.2 Å². The molecule has 94 valence electrons. The van der Waals surface area contributed by atoms with Crippen LogP contribution in [0.3, 0.4) is 0 Å². The maximum absolute atomic E-state index is 12.8. The molecule has 6 heteroatoms. The summed E-state index contributed by atoms with van der Waals surface area (Å²) in [6.07, 6.45) is -0.892. The zero-order valence-corrected chi connectivity index (χ0v) is 9.80. The van der Waals surface area contributed by atoms with Crippen LogP contribution in [0.2, 0.25) is 5.02 Å². The number of halogens is 3. The van der Waals surface area contributed by atoms with Crippen molar-refractivity contribution in [3.63, 3.8) is 0 Å². The van der Waals surface area contributed by atoms with Crippen molar-refractivity contribution in [3.8, 4) is 5.75 Å². The van der Waals surface area contributed by atoms with Crippen LogP contribution in [-0.4, -0.2) is 24.1 Å². The highest BCUT2D eigenvalue weighted by Crippen LogP contribution is 2.27. The summed E-state index contributed by atoms with van der Waals surface area (Å²) >= 11 is 5.84. The average molecular weight is 265 g/mol. The van der Waals surface area contributed by atoms with E-state index in [0.29, 0.717) is 11.3 Å². The second-order valence-electron chi connectivity index (χ2n) is 3.47. The van der Waals surface area contributed by atoms with E-state index in [9.17, 15) is 13.6 Å². The zero-order chi connectivity index (χ0) is 13.1. The summed E-state index contributed by atoms with van der Waals surface area (Å²) in [7, 11) is 1.46. The number of carboxylic acid groups (broad SMARTS) is 1. The lowest BCUT2D eigenvalue weighted by molar-refractivity contribution is -0.165. The first-order valence-electron chi connectivity index (χ1n) is 4.80. The van der Waals surface area contributed by atoms with Crippen molar-refractivity contribution >= 4 is 17.6 Å². The van der Waals surface area contributed by atoms with Gasteiger partial charge in [-0.1, -0.05) is 17.7 Å². The monoisotopic (exact) mass is 264 g/mol. The van der Waals surface area contributed by atoms with E-state index in [1.165, 1.54) is 13.2 Å². The smallest absolute Gasteiger partial charge is 0.374 e. The van der Waals surface area contributed by atoms with Crippen LogP contribution >= 0.6 is 11.6 Å². The van der Waals surface area contributed by atoms with E-state index in [4.69, 9.17) is 21.4 Å². The highest BCUT2D eigenvalue weighted by atomic mass is 35.5. The molecule has 0 saturated heterocycles. The summed E-state index contributed by atoms with van der Waals surface area (Å²) in [4.78, 5) is 10.2. The predicted molar refractivity (Wildman–Crippen MR) is 58.9 cm³/mol. The highest BCUT2D eigenvalue weighted by Gasteiger charge is 2.38. The Labute approximate surface area is 102 Å². The molecular formula is C11H11ClF2O3. The number of alkyl halides is 2. The fraction of sp³-hybridized carbons (Fsp3) is 0.364. The van der Waals surface area contributed by atoms with Gasteiger partial charge in [0.15, 0.2) is 0 Å². The number of carbonyl (C=O) groups is 1. The number of aryl methyl sites for hydroxylation is 1. The van der Waals surface area contributed by atoms with Gasteiger partial charge < -0.3 is 9.84 Å². The lowest BCUT2D eigenvalue weighted by atomic mass is 10.1. The number of carboxylic acids is 1. The van der Waals surface area contributed by atoms with Crippen LogP contribution in [0.5, 0.6) is 5.75 Å². The first-order chi connectivity index (χ1) is 7.86. The molecule has 0 amide bonds. The van der Waals surface area contributed by atoms with E-state index in [1.807, 2.05) is 0 Å². The molecule has 1 aromatic carbocycles. The van der Waals surface area contributed by atoms with E-state index in [1.54, 1.807) is 12.1 Å². The summed E-state index contributed by atoms with van der Waals surface area (Å²) in [5.41, 5.74) is 0.466. The Morgan fingerprint density at radius 3 is 2.65 bits per heavy atom. The summed E-state index contributed by atoms with van der Waals surface area (Å²) in [6.45, 7) is 0. The summed E-state index contributed by atoms with van der Waals surface area (Å²) in [5.74, 6) is -5.34. The van der Waals surface area contributed by atoms with E-state index in [2.05, 4.69) is 0 Å². The van der Waals surface area contributed by atoms with Gasteiger partial charge in [-0.15, -0.1) is 0 Å². The lowest BCUT2D eigenvalue weighted by Gasteiger charge is -2.11. The van der Waals surface area contributed by atoms with Gasteiger partial charge >= 0.3 is 11.9 Å². The normalized spacial score (nSPS) is 11.3. The van der Waals surface area contributed by atoms with Crippen molar-refractivity contribution in [1.82, 2.24) is 0 Å². The molecule has 1 N–H and O–H groups in total. The first-order valence-corrected chi connectivity index (χ1v) is 5.18. The summed E-state index contributed by atoms with van der Waals surface area (Å²) < 4.78 is 30.6. The van der Waals surface area contributed by atoms with Crippen LogP contribution in [0.1, 0.15) is 12.0 Å². The molecule has 0 fully saturated rings. The van der Waals surface area contributed by atoms with Crippen LogP contribution < -0.4 is 4.74 Å². The van der Waals surface area contributed by atoms with E-state index in [0.717, 1.165) is 0 Å². The van der Waals surface area contributed by atoms with Gasteiger partial charge in [-0.25, -0.2) is 4.79 Å². The molecule has 0 aliphatic carbocycles. The fourth-order valence-corrected chi connectivity index (χ4v) is 1.52. The zero-order valence-electron chi connectivity index (χ0n) is 9.04. The standard InChI is InChI=1S/C11H11ClF2O3/c1-17-8-3-2-7(9(12)6-8)4-5-11(13,14)10(15)16/h2-3,6H,4-5H2,1H3,(H,15,16). The third kappa shape index (κ3) is 3.56. The van der Waals surface area contributed by atoms with Gasteiger partial charge in [-0.2, -0.15) is 8.78 Å². The number of rotatable bonds is 5. The van der Waals surface area contributed by atoms with Crippen molar-refractivity contribution in [2.24, 2.45) is 0 Å². The minimum atomic E-state index is -3.73. The third-order valence-electron chi connectivity index (χ3n) is 2.28. The SMILES string of the molecule is COc1ccc(CCC(F)(F)C(=O)O)c(Cl)c1. The molecule has 1 rings (SSSR count). The van der Waals surface area contributed by atoms with Gasteiger partial charge in [0.2, 0.25) is 0 Å². The first kappa shape index (κ1) is 13.7. The maximum atomic E-state index is 12.8. The van der Waals surface area contributed by atoms with Crippen molar-refractivity contribution < 1.29 is 23.4 Å². The Balaban J connectivity index is 2.73. The van der Waals surface area contributed by atoms with Crippen LogP contribution in [0.25, 0.3) is 0 Å². The number of aliphatic carboxylic acids is 1. The fourth-order valence-electron chi connectivity index (χ4n) is 1.26. The van der Waals surface area contributed by atoms with Crippen LogP contribution in [0, 0.1) is 0 Å². The molecule has 0 aromatic heterocycles. The van der Waals surface area contributed by atoms with E-state index >= 15 is 0 Å². The number of ether oxygens (including phenoxy) is 1. The molecule has 0 bridgehead atoms. The molecule has 3 nitrogen and oxygen atoms in total. The van der Waals surface area contributed by atoms with Crippen molar-refractivity contribution in [3.05, 3.63) is 28.8 Å². The second-order valence-corrected chi connectivity index (χ2v) is 3.87. The molecular weight excluding hydrogens is 254 g/mol. The van der Waals surface area contributed by atoms with Crippen LogP contribution in [-0.2, 0) is 11.2 Å². The molecule has 0 aliphatic rings. The Hall–Kier alpha value is -1.36. The Morgan fingerprint density at radius 1 is 1.53 bits per heavy atom. The van der Waals surface area contributed by atoms with E-state index in [-0.39, 0.29) is 11.4 Å². The van der Waals surface area contributed by atoms with Gasteiger partial charge in [0, 0.05) is 11.4 Å². The number of benzene rings is 1. The molecule has 0 aliphatic heterocycles. The van der Waals surface area contributed by atoms with Crippen molar-refractivity contribution in [2.75, 3.05) is 7.11 Å². The maximum Gasteiger partial charge on any atom is 0.374 e. The quantitative estimate of drug-likeness (QED) is 0.889. The summed E-state index contributed by atoms with van der Waals surface area (Å²) in [5, 5.41) is 8.55. The number of hydrogen-bond donors (Lipinski definition) is 1. The molecule has 0 atom stereocenters. The topological polar surface area (TPSA) is 46.5 Å². The van der Waals surface area contributed by atoms with Gasteiger partial charge in [-0.05, 0) is 24.1 Å². The summed E-state index contributed by atoms with van der Waals surface area (Å²) in [6, 6.07) is 4.62. The molecule has 1 aromatic rings. The average Bonchev–Trinajstić information content (AvgIpc) is 2.27.